The van der Waals surface area contributed by atoms with E-state index in [4.69, 9.17) is 0 Å². The average molecular weight is 721 g/mol. The minimum absolute atomic E-state index is 0.104. The maximum atomic E-state index is 14.0. The topological polar surface area (TPSA) is 230 Å². The smallest absolute Gasteiger partial charge is 0.336 e. The van der Waals surface area contributed by atoms with Crippen LogP contribution in [0.3, 0.4) is 0 Å². The monoisotopic (exact) mass is 720 g/mol. The van der Waals surface area contributed by atoms with E-state index in [1.165, 1.54) is 6.07 Å². The molecule has 2 aromatic rings. The molecule has 278 valence electrons. The normalized spacial score (nSPS) is 14.3. The highest BCUT2D eigenvalue weighted by Gasteiger charge is 2.32. The number of aromatic carboxylic acids is 1. The van der Waals surface area contributed by atoms with E-state index in [2.05, 4.69) is 0 Å². The molecule has 0 fully saturated rings. The number of carbonyl (C=O) groups excluding carboxylic acids is 1. The molecular formula is C38H44N2O12. The number of Topliss-reactive ketones (excluding diaryl/α,β-unsaturated/α-hetero) is 1. The van der Waals surface area contributed by atoms with Gasteiger partial charge in [0.15, 0.2) is 5.78 Å². The van der Waals surface area contributed by atoms with Gasteiger partial charge >= 0.3 is 29.8 Å². The largest absolute Gasteiger partial charge is 0.507 e. The molecule has 0 amide bonds. The summed E-state index contributed by atoms with van der Waals surface area (Å²) in [6.07, 6.45) is 1.64. The van der Waals surface area contributed by atoms with Crippen LogP contribution < -0.4 is 0 Å². The third kappa shape index (κ3) is 9.59. The standard InChI is InChI=1S/C38H44N2O12/c1-19(2)25-11-27(21(5)29(36(25)49)13-39(15-31(41)42)16-32(43)44)35(23-9-7-8-10-24(23)38(51)52)28-12-26(20(3)4)37(50)30(22(28)6)14-40(17-33(45)46)18-34(47)48/h7-12,19-20,49H,13-18H2,1-6H3,(H,41,42)(H,43,44)(H,45,46)(H,47,48)(H,51,52)/b35-28+. The first kappa shape index (κ1) is 40.8. The van der Waals surface area contributed by atoms with Gasteiger partial charge in [-0.05, 0) is 82.9 Å². The van der Waals surface area contributed by atoms with Gasteiger partial charge in [0.05, 0.1) is 31.7 Å². The van der Waals surface area contributed by atoms with Crippen molar-refractivity contribution in [2.75, 3.05) is 32.7 Å². The minimum Gasteiger partial charge on any atom is -0.507 e. The highest BCUT2D eigenvalue weighted by molar-refractivity contribution is 6.13. The van der Waals surface area contributed by atoms with Gasteiger partial charge in [0.2, 0.25) is 0 Å². The van der Waals surface area contributed by atoms with Gasteiger partial charge in [0.1, 0.15) is 5.75 Å². The molecule has 0 saturated heterocycles. The van der Waals surface area contributed by atoms with Crippen molar-refractivity contribution in [2.24, 2.45) is 5.92 Å². The molecule has 0 bridgehead atoms. The zero-order valence-electron chi connectivity index (χ0n) is 29.9. The zero-order chi connectivity index (χ0) is 39.2. The van der Waals surface area contributed by atoms with E-state index in [-0.39, 0.29) is 52.9 Å². The Kier molecular flexibility index (Phi) is 13.4. The number of phenolic OH excluding ortho intramolecular Hbond substituents is 1. The van der Waals surface area contributed by atoms with Crippen LogP contribution in [0.15, 0.2) is 58.7 Å². The Morgan fingerprint density at radius 2 is 1.17 bits per heavy atom. The molecule has 52 heavy (non-hydrogen) atoms. The van der Waals surface area contributed by atoms with Crippen LogP contribution in [0.25, 0.3) is 5.57 Å². The molecular weight excluding hydrogens is 676 g/mol. The number of carboxylic acid groups (broad SMARTS) is 5. The Labute approximate surface area is 300 Å². The Morgan fingerprint density at radius 3 is 1.62 bits per heavy atom. The summed E-state index contributed by atoms with van der Waals surface area (Å²) in [7, 11) is 0. The number of phenols is 1. The van der Waals surface area contributed by atoms with Crippen LogP contribution in [-0.4, -0.2) is 109 Å². The number of aliphatic carboxylic acids is 4. The number of ketones is 1. The van der Waals surface area contributed by atoms with Gasteiger partial charge in [-0.2, -0.15) is 0 Å². The second kappa shape index (κ2) is 17.1. The van der Waals surface area contributed by atoms with Crippen LogP contribution in [0.1, 0.15) is 78.7 Å². The third-order valence-corrected chi connectivity index (χ3v) is 8.82. The van der Waals surface area contributed by atoms with Gasteiger partial charge in [-0.3, -0.25) is 33.8 Å². The van der Waals surface area contributed by atoms with E-state index < -0.39 is 61.8 Å². The number of hydrogen-bond donors (Lipinski definition) is 6. The third-order valence-electron chi connectivity index (χ3n) is 8.82. The number of carboxylic acids is 5. The summed E-state index contributed by atoms with van der Waals surface area (Å²) < 4.78 is 0. The first-order valence-corrected chi connectivity index (χ1v) is 16.5. The lowest BCUT2D eigenvalue weighted by molar-refractivity contribution is -0.143. The van der Waals surface area contributed by atoms with Gasteiger partial charge in [-0.25, -0.2) is 4.79 Å². The average Bonchev–Trinajstić information content (AvgIpc) is 3.01. The van der Waals surface area contributed by atoms with Crippen LogP contribution in [-0.2, 0) is 30.5 Å². The Balaban J connectivity index is 2.60. The van der Waals surface area contributed by atoms with Gasteiger partial charge in [-0.15, -0.1) is 0 Å². The molecule has 0 spiro atoms. The molecule has 1 aliphatic rings. The Bertz CT molecular complexity index is 1870. The van der Waals surface area contributed by atoms with Crippen molar-refractivity contribution < 1.29 is 59.4 Å². The summed E-state index contributed by atoms with van der Waals surface area (Å²) in [5.74, 6) is -7.76. The molecule has 2 aromatic carbocycles. The molecule has 1 aliphatic carbocycles. The van der Waals surface area contributed by atoms with Gasteiger partial charge in [0, 0.05) is 29.8 Å². The van der Waals surface area contributed by atoms with Crippen LogP contribution in [0.5, 0.6) is 5.75 Å². The van der Waals surface area contributed by atoms with Crippen LogP contribution >= 0.6 is 0 Å². The second-order valence-corrected chi connectivity index (χ2v) is 13.3. The molecule has 3 rings (SSSR count). The summed E-state index contributed by atoms with van der Waals surface area (Å²) in [5.41, 5.74) is 3.01. The van der Waals surface area contributed by atoms with Crippen molar-refractivity contribution in [1.82, 2.24) is 9.80 Å². The molecule has 0 unspecified atom stereocenters. The number of allylic oxidation sites excluding steroid dienone is 4. The first-order chi connectivity index (χ1) is 24.2. The number of aromatic hydroxyl groups is 1. The predicted molar refractivity (Wildman–Crippen MR) is 189 cm³/mol. The van der Waals surface area contributed by atoms with Crippen molar-refractivity contribution in [3.8, 4) is 5.75 Å². The summed E-state index contributed by atoms with van der Waals surface area (Å²) in [6, 6.07) is 7.85. The quantitative estimate of drug-likeness (QED) is 0.134. The number of carbonyl (C=O) groups is 6. The van der Waals surface area contributed by atoms with E-state index >= 15 is 0 Å². The fraction of sp³-hybridized carbons (Fsp3) is 0.368. The number of benzene rings is 2. The van der Waals surface area contributed by atoms with Crippen LogP contribution in [0.2, 0.25) is 0 Å². The number of nitrogens with zero attached hydrogens (tertiary/aromatic N) is 2. The molecule has 14 heteroatoms. The predicted octanol–water partition coefficient (Wildman–Crippen LogP) is 4.25. The Morgan fingerprint density at radius 1 is 0.692 bits per heavy atom. The molecule has 6 N–H and O–H groups in total. The molecule has 0 aromatic heterocycles. The number of hydrogen-bond acceptors (Lipinski definition) is 9. The highest BCUT2D eigenvalue weighted by atomic mass is 16.4. The molecule has 0 atom stereocenters. The van der Waals surface area contributed by atoms with Gasteiger partial charge < -0.3 is 30.6 Å². The fourth-order valence-corrected chi connectivity index (χ4v) is 6.33. The van der Waals surface area contributed by atoms with E-state index in [9.17, 15) is 59.4 Å². The van der Waals surface area contributed by atoms with Gasteiger partial charge in [0.25, 0.3) is 0 Å². The van der Waals surface area contributed by atoms with Crippen LogP contribution in [0, 0.1) is 12.8 Å². The maximum absolute atomic E-state index is 14.0. The molecule has 0 saturated carbocycles. The lowest BCUT2D eigenvalue weighted by atomic mass is 9.76. The lowest BCUT2D eigenvalue weighted by Gasteiger charge is -2.30. The zero-order valence-corrected chi connectivity index (χ0v) is 29.9. The molecule has 0 heterocycles. The maximum Gasteiger partial charge on any atom is 0.336 e. The van der Waals surface area contributed by atoms with Crippen molar-refractivity contribution >= 4 is 41.2 Å². The van der Waals surface area contributed by atoms with E-state index in [0.29, 0.717) is 39.0 Å². The summed E-state index contributed by atoms with van der Waals surface area (Å²) in [4.78, 5) is 75.7. The minimum atomic E-state index is -1.30. The summed E-state index contributed by atoms with van der Waals surface area (Å²) >= 11 is 0. The van der Waals surface area contributed by atoms with Crippen molar-refractivity contribution in [1.29, 1.82) is 0 Å². The summed E-state index contributed by atoms with van der Waals surface area (Å²) in [5, 5.41) is 60.1. The van der Waals surface area contributed by atoms with E-state index in [1.54, 1.807) is 71.9 Å². The van der Waals surface area contributed by atoms with E-state index in [1.807, 2.05) is 0 Å². The SMILES string of the molecule is CC1=C(CN(CC(=O)O)CC(=O)O)C(=O)C(C(C)C)=C/C1=C(/c1ccccc1C(=O)O)c1cc(C(C)C)c(O)c(CN(CC(=O)O)CC(=O)O)c1C. The fourth-order valence-electron chi connectivity index (χ4n) is 6.33. The molecule has 14 nitrogen and oxygen atoms in total. The van der Waals surface area contributed by atoms with Crippen molar-refractivity contribution in [2.45, 2.75) is 54.0 Å². The summed E-state index contributed by atoms with van der Waals surface area (Å²) in [6.45, 7) is 7.12. The number of rotatable bonds is 17. The first-order valence-electron chi connectivity index (χ1n) is 16.5. The van der Waals surface area contributed by atoms with Crippen LogP contribution in [0.4, 0.5) is 0 Å². The lowest BCUT2D eigenvalue weighted by Crippen LogP contribution is -2.38. The van der Waals surface area contributed by atoms with Crippen molar-refractivity contribution in [3.63, 3.8) is 0 Å². The van der Waals surface area contributed by atoms with Gasteiger partial charge in [-0.1, -0.05) is 45.9 Å². The second-order valence-electron chi connectivity index (χ2n) is 13.3. The molecule has 0 aliphatic heterocycles. The van der Waals surface area contributed by atoms with Crippen molar-refractivity contribution in [3.05, 3.63) is 92.1 Å². The Hall–Kier alpha value is -5.60. The highest BCUT2D eigenvalue weighted by Crippen LogP contribution is 2.44. The van der Waals surface area contributed by atoms with E-state index in [0.717, 1.165) is 9.80 Å². The molecule has 0 radical (unpaired) electrons.